The molecule has 4 nitrogen and oxygen atoms in total. The Hall–Kier alpha value is -2.36. The van der Waals surface area contributed by atoms with Crippen LogP contribution < -0.4 is 10.6 Å². The van der Waals surface area contributed by atoms with Crippen LogP contribution in [0.5, 0.6) is 0 Å². The van der Waals surface area contributed by atoms with Crippen LogP contribution in [0, 0.1) is 13.8 Å². The highest BCUT2D eigenvalue weighted by molar-refractivity contribution is 5.88. The van der Waals surface area contributed by atoms with Gasteiger partial charge >= 0.3 is 6.03 Å². The molecule has 0 saturated heterocycles. The molecule has 4 heteroatoms. The van der Waals surface area contributed by atoms with Crippen molar-refractivity contribution < 1.29 is 4.79 Å². The van der Waals surface area contributed by atoms with E-state index < -0.39 is 0 Å². The van der Waals surface area contributed by atoms with Crippen molar-refractivity contribution in [1.29, 1.82) is 0 Å². The molecule has 1 aromatic carbocycles. The first kappa shape index (κ1) is 14.1. The third-order valence-electron chi connectivity index (χ3n) is 2.93. The zero-order chi connectivity index (χ0) is 14.4. The summed E-state index contributed by atoms with van der Waals surface area (Å²) < 4.78 is 0. The van der Waals surface area contributed by atoms with Gasteiger partial charge in [0.05, 0.1) is 0 Å². The summed E-state index contributed by atoms with van der Waals surface area (Å²) in [7, 11) is 0. The second-order valence-electron chi connectivity index (χ2n) is 4.84. The van der Waals surface area contributed by atoms with Crippen molar-refractivity contribution in [3.63, 3.8) is 0 Å². The number of nitrogens with one attached hydrogen (secondary N) is 2. The van der Waals surface area contributed by atoms with Gasteiger partial charge in [-0.1, -0.05) is 35.9 Å². The van der Waals surface area contributed by atoms with Crippen LogP contribution in [-0.4, -0.2) is 17.6 Å². The largest absolute Gasteiger partial charge is 0.337 e. The Morgan fingerprint density at radius 3 is 2.70 bits per heavy atom. The molecule has 0 aliphatic carbocycles. The van der Waals surface area contributed by atoms with Crippen molar-refractivity contribution in [3.8, 4) is 0 Å². The Balaban J connectivity index is 1.76. The smallest absolute Gasteiger partial charge is 0.320 e. The molecule has 0 atom stereocenters. The number of aryl methyl sites for hydroxylation is 2. The van der Waals surface area contributed by atoms with Crippen molar-refractivity contribution in [1.82, 2.24) is 10.3 Å². The Morgan fingerprint density at radius 2 is 2.00 bits per heavy atom. The van der Waals surface area contributed by atoms with E-state index in [1.54, 1.807) is 12.3 Å². The van der Waals surface area contributed by atoms with E-state index in [4.69, 9.17) is 0 Å². The van der Waals surface area contributed by atoms with Crippen LogP contribution in [0.15, 0.2) is 42.6 Å². The van der Waals surface area contributed by atoms with Gasteiger partial charge in [0.15, 0.2) is 0 Å². The van der Waals surface area contributed by atoms with Gasteiger partial charge in [-0.05, 0) is 37.5 Å². The number of urea groups is 1. The minimum atomic E-state index is -0.228. The number of carbonyl (C=O) groups excluding carboxylic acids is 1. The zero-order valence-corrected chi connectivity index (χ0v) is 11.8. The quantitative estimate of drug-likeness (QED) is 0.896. The molecular weight excluding hydrogens is 250 g/mol. The van der Waals surface area contributed by atoms with Crippen LogP contribution in [0.3, 0.4) is 0 Å². The van der Waals surface area contributed by atoms with Crippen molar-refractivity contribution in [2.24, 2.45) is 0 Å². The van der Waals surface area contributed by atoms with Gasteiger partial charge in [0.25, 0.3) is 0 Å². The van der Waals surface area contributed by atoms with E-state index in [1.807, 2.05) is 19.1 Å². The summed E-state index contributed by atoms with van der Waals surface area (Å²) in [4.78, 5) is 15.8. The van der Waals surface area contributed by atoms with Gasteiger partial charge < -0.3 is 5.32 Å². The molecule has 0 radical (unpaired) electrons. The highest BCUT2D eigenvalue weighted by Crippen LogP contribution is 2.05. The normalized spacial score (nSPS) is 10.1. The summed E-state index contributed by atoms with van der Waals surface area (Å²) in [6.07, 6.45) is 2.54. The molecule has 104 valence electrons. The number of rotatable bonds is 4. The number of aromatic nitrogens is 1. The SMILES string of the molecule is Cc1ccc(NC(=O)NCCc2cccc(C)c2)nc1. The molecule has 2 rings (SSSR count). The first-order valence-corrected chi connectivity index (χ1v) is 6.66. The molecule has 0 aliphatic heterocycles. The number of amides is 2. The summed E-state index contributed by atoms with van der Waals surface area (Å²) >= 11 is 0. The molecule has 0 spiro atoms. The fourth-order valence-corrected chi connectivity index (χ4v) is 1.89. The van der Waals surface area contributed by atoms with E-state index in [1.165, 1.54) is 11.1 Å². The number of benzene rings is 1. The summed E-state index contributed by atoms with van der Waals surface area (Å²) in [6, 6.07) is 11.8. The van der Waals surface area contributed by atoms with Gasteiger partial charge in [0.1, 0.15) is 5.82 Å². The molecule has 20 heavy (non-hydrogen) atoms. The van der Waals surface area contributed by atoms with Crippen LogP contribution in [-0.2, 0) is 6.42 Å². The summed E-state index contributed by atoms with van der Waals surface area (Å²) in [5.74, 6) is 0.559. The van der Waals surface area contributed by atoms with E-state index in [9.17, 15) is 4.79 Å². The van der Waals surface area contributed by atoms with E-state index in [0.717, 1.165) is 12.0 Å². The minimum Gasteiger partial charge on any atom is -0.337 e. The molecule has 1 aromatic heterocycles. The van der Waals surface area contributed by atoms with Gasteiger partial charge in [-0.3, -0.25) is 5.32 Å². The molecule has 0 fully saturated rings. The lowest BCUT2D eigenvalue weighted by Crippen LogP contribution is -2.30. The number of hydrogen-bond donors (Lipinski definition) is 2. The lowest BCUT2D eigenvalue weighted by Gasteiger charge is -2.07. The Labute approximate surface area is 119 Å². The highest BCUT2D eigenvalue weighted by atomic mass is 16.2. The Morgan fingerprint density at radius 1 is 1.15 bits per heavy atom. The van der Waals surface area contributed by atoms with Gasteiger partial charge in [0, 0.05) is 12.7 Å². The number of carbonyl (C=O) groups is 1. The fraction of sp³-hybridized carbons (Fsp3) is 0.250. The maximum Gasteiger partial charge on any atom is 0.320 e. The standard InChI is InChI=1S/C16H19N3O/c1-12-4-3-5-14(10-12)8-9-17-16(20)19-15-7-6-13(2)11-18-15/h3-7,10-11H,8-9H2,1-2H3,(H2,17,18,19,20). The zero-order valence-electron chi connectivity index (χ0n) is 11.8. The third kappa shape index (κ3) is 4.39. The first-order valence-electron chi connectivity index (χ1n) is 6.66. The molecule has 1 heterocycles. The van der Waals surface area contributed by atoms with E-state index >= 15 is 0 Å². The third-order valence-corrected chi connectivity index (χ3v) is 2.93. The molecule has 2 amide bonds. The predicted octanol–water partition coefficient (Wildman–Crippen LogP) is 3.06. The van der Waals surface area contributed by atoms with Gasteiger partial charge in [-0.15, -0.1) is 0 Å². The molecule has 2 aromatic rings. The first-order chi connectivity index (χ1) is 9.63. The van der Waals surface area contributed by atoms with Crippen LogP contribution in [0.2, 0.25) is 0 Å². The van der Waals surface area contributed by atoms with E-state index in [0.29, 0.717) is 12.4 Å². The van der Waals surface area contributed by atoms with Crippen LogP contribution in [0.25, 0.3) is 0 Å². The fourth-order valence-electron chi connectivity index (χ4n) is 1.89. The maximum atomic E-state index is 11.7. The average Bonchev–Trinajstić information content (AvgIpc) is 2.41. The number of nitrogens with zero attached hydrogens (tertiary/aromatic N) is 1. The monoisotopic (exact) mass is 269 g/mol. The molecule has 0 saturated carbocycles. The molecule has 0 bridgehead atoms. The summed E-state index contributed by atoms with van der Waals surface area (Å²) in [5, 5.41) is 5.53. The highest BCUT2D eigenvalue weighted by Gasteiger charge is 2.02. The van der Waals surface area contributed by atoms with E-state index in [-0.39, 0.29) is 6.03 Å². The minimum absolute atomic E-state index is 0.228. The van der Waals surface area contributed by atoms with E-state index in [2.05, 4.69) is 40.7 Å². The van der Waals surface area contributed by atoms with Crippen LogP contribution in [0.1, 0.15) is 16.7 Å². The number of anilines is 1. The summed E-state index contributed by atoms with van der Waals surface area (Å²) in [5.41, 5.74) is 3.52. The van der Waals surface area contributed by atoms with Gasteiger partial charge in [-0.2, -0.15) is 0 Å². The molecule has 2 N–H and O–H groups in total. The van der Waals surface area contributed by atoms with Gasteiger partial charge in [-0.25, -0.2) is 9.78 Å². The topological polar surface area (TPSA) is 54.0 Å². The van der Waals surface area contributed by atoms with Crippen molar-refractivity contribution in [3.05, 3.63) is 59.3 Å². The van der Waals surface area contributed by atoms with Gasteiger partial charge in [0.2, 0.25) is 0 Å². The summed E-state index contributed by atoms with van der Waals surface area (Å²) in [6.45, 7) is 4.62. The van der Waals surface area contributed by atoms with Crippen molar-refractivity contribution in [2.75, 3.05) is 11.9 Å². The Bertz CT molecular complexity index is 579. The van der Waals surface area contributed by atoms with Crippen LogP contribution >= 0.6 is 0 Å². The molecule has 0 aliphatic rings. The second kappa shape index (κ2) is 6.70. The number of hydrogen-bond acceptors (Lipinski definition) is 2. The number of pyridine rings is 1. The maximum absolute atomic E-state index is 11.7. The second-order valence-corrected chi connectivity index (χ2v) is 4.84. The Kier molecular flexibility index (Phi) is 4.71. The van der Waals surface area contributed by atoms with Crippen LogP contribution in [0.4, 0.5) is 10.6 Å². The molecule has 0 unspecified atom stereocenters. The predicted molar refractivity (Wildman–Crippen MR) is 80.9 cm³/mol. The van der Waals surface area contributed by atoms with Crippen molar-refractivity contribution in [2.45, 2.75) is 20.3 Å². The molecular formula is C16H19N3O. The van der Waals surface area contributed by atoms with Crippen molar-refractivity contribution >= 4 is 11.8 Å². The average molecular weight is 269 g/mol. The lowest BCUT2D eigenvalue weighted by atomic mass is 10.1. The lowest BCUT2D eigenvalue weighted by molar-refractivity contribution is 0.252.